The zero-order valence-corrected chi connectivity index (χ0v) is 21.7. The molecule has 0 aliphatic carbocycles. The molecule has 0 saturated heterocycles. The minimum absolute atomic E-state index is 0.0640. The monoisotopic (exact) mass is 509 g/mol. The van der Waals surface area contributed by atoms with Gasteiger partial charge in [0.15, 0.2) is 0 Å². The quantitative estimate of drug-likeness (QED) is 0.220. The van der Waals surface area contributed by atoms with Crippen LogP contribution in [0, 0.1) is 12.7 Å². The highest BCUT2D eigenvalue weighted by molar-refractivity contribution is 7.99. The molecule has 0 spiro atoms. The van der Waals surface area contributed by atoms with Crippen molar-refractivity contribution in [2.24, 2.45) is 0 Å². The standard InChI is InChI=1S/C31H28FN3OS/c1-3-37-26-15-9-22(10-16-26)19-30(36)33-25-13-11-23(12-14-25)31-34-28-17-8-21(2)18-29(28)35(31)20-24-6-4-5-7-27(24)32/h4-18H,3,19-20H2,1-2H3,(H,33,36). The lowest BCUT2D eigenvalue weighted by Crippen LogP contribution is -2.14. The van der Waals surface area contributed by atoms with Crippen molar-refractivity contribution >= 4 is 34.4 Å². The highest BCUT2D eigenvalue weighted by Crippen LogP contribution is 2.28. The van der Waals surface area contributed by atoms with Gasteiger partial charge in [0.05, 0.1) is 24.0 Å². The largest absolute Gasteiger partial charge is 0.326 e. The van der Waals surface area contributed by atoms with Crippen LogP contribution < -0.4 is 5.32 Å². The average molecular weight is 510 g/mol. The summed E-state index contributed by atoms with van der Waals surface area (Å²) < 4.78 is 16.6. The Bertz CT molecular complexity index is 1540. The number of aryl methyl sites for hydroxylation is 1. The van der Waals surface area contributed by atoms with Crippen LogP contribution in [0.3, 0.4) is 0 Å². The van der Waals surface area contributed by atoms with Gasteiger partial charge in [-0.25, -0.2) is 9.37 Å². The Morgan fingerprint density at radius 1 is 0.973 bits per heavy atom. The molecule has 5 rings (SSSR count). The molecule has 1 aromatic heterocycles. The van der Waals surface area contributed by atoms with Crippen molar-refractivity contribution < 1.29 is 9.18 Å². The van der Waals surface area contributed by atoms with Gasteiger partial charge < -0.3 is 9.88 Å². The number of nitrogens with zero attached hydrogens (tertiary/aromatic N) is 2. The van der Waals surface area contributed by atoms with E-state index in [0.717, 1.165) is 45.0 Å². The lowest BCUT2D eigenvalue weighted by atomic mass is 10.1. The molecular weight excluding hydrogens is 481 g/mol. The lowest BCUT2D eigenvalue weighted by Gasteiger charge is -2.12. The first-order valence-electron chi connectivity index (χ1n) is 12.3. The Balaban J connectivity index is 1.37. The zero-order valence-electron chi connectivity index (χ0n) is 20.9. The van der Waals surface area contributed by atoms with Gasteiger partial charge in [0.1, 0.15) is 11.6 Å². The fraction of sp³-hybridized carbons (Fsp3) is 0.161. The van der Waals surface area contributed by atoms with Gasteiger partial charge >= 0.3 is 0 Å². The summed E-state index contributed by atoms with van der Waals surface area (Å²) in [7, 11) is 0. The van der Waals surface area contributed by atoms with E-state index in [1.54, 1.807) is 23.9 Å². The van der Waals surface area contributed by atoms with Crippen LogP contribution in [0.25, 0.3) is 22.4 Å². The molecule has 1 heterocycles. The SMILES string of the molecule is CCSc1ccc(CC(=O)Nc2ccc(-c3nc4ccc(C)cc4n3Cc3ccccc3F)cc2)cc1. The third-order valence-electron chi connectivity index (χ3n) is 6.22. The van der Waals surface area contributed by atoms with Crippen molar-refractivity contribution in [3.63, 3.8) is 0 Å². The van der Waals surface area contributed by atoms with Gasteiger partial charge in [0.25, 0.3) is 0 Å². The van der Waals surface area contributed by atoms with E-state index in [1.165, 1.54) is 11.0 Å². The summed E-state index contributed by atoms with van der Waals surface area (Å²) in [5.74, 6) is 1.48. The zero-order chi connectivity index (χ0) is 25.8. The first kappa shape index (κ1) is 24.8. The number of carbonyl (C=O) groups is 1. The molecule has 186 valence electrons. The molecule has 6 heteroatoms. The number of amides is 1. The van der Waals surface area contributed by atoms with Gasteiger partial charge in [-0.1, -0.05) is 43.3 Å². The number of nitrogens with one attached hydrogen (secondary N) is 1. The minimum atomic E-state index is -0.236. The van der Waals surface area contributed by atoms with Crippen LogP contribution in [-0.2, 0) is 17.8 Å². The molecule has 4 nitrogen and oxygen atoms in total. The Morgan fingerprint density at radius 2 is 1.73 bits per heavy atom. The van der Waals surface area contributed by atoms with E-state index in [1.807, 2.05) is 61.5 Å². The molecule has 0 radical (unpaired) electrons. The molecule has 1 N–H and O–H groups in total. The molecule has 0 unspecified atom stereocenters. The van der Waals surface area contributed by atoms with Gasteiger partial charge in [-0.05, 0) is 78.4 Å². The maximum absolute atomic E-state index is 14.5. The van der Waals surface area contributed by atoms with E-state index < -0.39 is 0 Å². The van der Waals surface area contributed by atoms with E-state index in [4.69, 9.17) is 4.98 Å². The number of hydrogen-bond donors (Lipinski definition) is 1. The second kappa shape index (κ2) is 11.0. The Labute approximate surface area is 220 Å². The predicted molar refractivity (Wildman–Crippen MR) is 151 cm³/mol. The molecule has 0 aliphatic rings. The molecule has 0 bridgehead atoms. The third kappa shape index (κ3) is 5.75. The Morgan fingerprint density at radius 3 is 2.46 bits per heavy atom. The second-order valence-electron chi connectivity index (χ2n) is 8.98. The minimum Gasteiger partial charge on any atom is -0.326 e. The Hall–Kier alpha value is -3.90. The highest BCUT2D eigenvalue weighted by atomic mass is 32.2. The molecule has 37 heavy (non-hydrogen) atoms. The lowest BCUT2D eigenvalue weighted by molar-refractivity contribution is -0.115. The number of thioether (sulfide) groups is 1. The van der Waals surface area contributed by atoms with Crippen molar-refractivity contribution in [3.05, 3.63) is 114 Å². The van der Waals surface area contributed by atoms with Gasteiger partial charge in [-0.15, -0.1) is 11.8 Å². The number of anilines is 1. The highest BCUT2D eigenvalue weighted by Gasteiger charge is 2.15. The fourth-order valence-corrected chi connectivity index (χ4v) is 5.04. The summed E-state index contributed by atoms with van der Waals surface area (Å²) in [6, 6.07) is 28.7. The summed E-state index contributed by atoms with van der Waals surface area (Å²) in [5, 5.41) is 2.98. The van der Waals surface area contributed by atoms with Crippen LogP contribution in [-0.4, -0.2) is 21.2 Å². The first-order chi connectivity index (χ1) is 18.0. The molecule has 0 fully saturated rings. The number of benzene rings is 4. The van der Waals surface area contributed by atoms with Gasteiger partial charge in [0.2, 0.25) is 5.91 Å². The van der Waals surface area contributed by atoms with Gasteiger partial charge in [-0.3, -0.25) is 4.79 Å². The molecule has 0 aliphatic heterocycles. The average Bonchev–Trinajstić information content (AvgIpc) is 3.24. The van der Waals surface area contributed by atoms with Crippen LogP contribution in [0.4, 0.5) is 10.1 Å². The second-order valence-corrected chi connectivity index (χ2v) is 10.3. The van der Waals surface area contributed by atoms with E-state index in [9.17, 15) is 9.18 Å². The number of hydrogen-bond acceptors (Lipinski definition) is 3. The first-order valence-corrected chi connectivity index (χ1v) is 13.3. The number of aromatic nitrogens is 2. The van der Waals surface area contributed by atoms with Crippen molar-refractivity contribution in [2.75, 3.05) is 11.1 Å². The summed E-state index contributed by atoms with van der Waals surface area (Å²) in [5.41, 5.74) is 6.13. The third-order valence-corrected chi connectivity index (χ3v) is 7.11. The molecule has 1 amide bonds. The van der Waals surface area contributed by atoms with Crippen molar-refractivity contribution in [3.8, 4) is 11.4 Å². The Kier molecular flexibility index (Phi) is 7.37. The number of imidazole rings is 1. The number of fused-ring (bicyclic) bond motifs is 1. The molecule has 0 atom stereocenters. The summed E-state index contributed by atoms with van der Waals surface area (Å²) >= 11 is 1.78. The van der Waals surface area contributed by atoms with Crippen LogP contribution >= 0.6 is 11.8 Å². The van der Waals surface area contributed by atoms with Crippen LogP contribution in [0.2, 0.25) is 0 Å². The normalized spacial score (nSPS) is 11.1. The number of halogens is 1. The molecule has 0 saturated carbocycles. The molecular formula is C31H28FN3OS. The summed E-state index contributed by atoms with van der Waals surface area (Å²) in [6.45, 7) is 4.53. The maximum atomic E-state index is 14.5. The smallest absolute Gasteiger partial charge is 0.228 e. The maximum Gasteiger partial charge on any atom is 0.228 e. The predicted octanol–water partition coefficient (Wildman–Crippen LogP) is 7.49. The van der Waals surface area contributed by atoms with E-state index in [0.29, 0.717) is 18.5 Å². The van der Waals surface area contributed by atoms with Crippen molar-refractivity contribution in [2.45, 2.75) is 31.7 Å². The van der Waals surface area contributed by atoms with Gasteiger partial charge in [0, 0.05) is 21.7 Å². The molecule has 4 aromatic carbocycles. The van der Waals surface area contributed by atoms with E-state index in [-0.39, 0.29) is 11.7 Å². The van der Waals surface area contributed by atoms with Crippen LogP contribution in [0.5, 0.6) is 0 Å². The van der Waals surface area contributed by atoms with E-state index >= 15 is 0 Å². The van der Waals surface area contributed by atoms with Crippen LogP contribution in [0.15, 0.2) is 95.9 Å². The van der Waals surface area contributed by atoms with Crippen LogP contribution in [0.1, 0.15) is 23.6 Å². The van der Waals surface area contributed by atoms with Gasteiger partial charge in [-0.2, -0.15) is 0 Å². The van der Waals surface area contributed by atoms with E-state index in [2.05, 4.69) is 35.0 Å². The topological polar surface area (TPSA) is 46.9 Å². The summed E-state index contributed by atoms with van der Waals surface area (Å²) in [4.78, 5) is 18.7. The van der Waals surface area contributed by atoms with Crippen molar-refractivity contribution in [1.29, 1.82) is 0 Å². The molecule has 5 aromatic rings. The summed E-state index contributed by atoms with van der Waals surface area (Å²) in [6.07, 6.45) is 0.316. The number of carbonyl (C=O) groups excluding carboxylic acids is 1. The fourth-order valence-electron chi connectivity index (χ4n) is 4.37. The number of rotatable bonds is 8. The van der Waals surface area contributed by atoms with Crippen molar-refractivity contribution in [1.82, 2.24) is 9.55 Å².